The molecule has 92 valence electrons. The summed E-state index contributed by atoms with van der Waals surface area (Å²) in [4.78, 5) is 19.3. The van der Waals surface area contributed by atoms with Crippen molar-refractivity contribution in [2.24, 2.45) is 16.3 Å². The van der Waals surface area contributed by atoms with Gasteiger partial charge in [0, 0.05) is 10.6 Å². The number of amides is 1. The van der Waals surface area contributed by atoms with Gasteiger partial charge in [0.25, 0.3) is 5.91 Å². The number of nitrogens with zero attached hydrogens (tertiary/aromatic N) is 2. The van der Waals surface area contributed by atoms with Gasteiger partial charge in [0.15, 0.2) is 5.17 Å². The van der Waals surface area contributed by atoms with Crippen LogP contribution in [-0.2, 0) is 4.79 Å². The Morgan fingerprint density at radius 1 is 1.41 bits per heavy atom. The second kappa shape index (κ2) is 3.61. The van der Waals surface area contributed by atoms with E-state index in [-0.39, 0.29) is 5.91 Å². The normalized spacial score (nSPS) is 28.4. The molecule has 0 radical (unpaired) electrons. The summed E-state index contributed by atoms with van der Waals surface area (Å²) in [7, 11) is 0. The zero-order valence-electron chi connectivity index (χ0n) is 10.6. The molecule has 0 aromatic rings. The van der Waals surface area contributed by atoms with Gasteiger partial charge in [-0.15, -0.1) is 0 Å². The SMILES string of the molecule is CC(C)(C)[C@H]1CCC2=C(C1)SC1=NCC(=O)N12. The third-order valence-corrected chi connectivity index (χ3v) is 5.13. The van der Waals surface area contributed by atoms with Crippen molar-refractivity contribution in [3.63, 3.8) is 0 Å². The predicted octanol–water partition coefficient (Wildman–Crippen LogP) is 2.99. The topological polar surface area (TPSA) is 32.7 Å². The molecular weight excluding hydrogens is 232 g/mol. The minimum absolute atomic E-state index is 0.159. The first-order valence-electron chi connectivity index (χ1n) is 6.24. The van der Waals surface area contributed by atoms with Gasteiger partial charge in [-0.3, -0.25) is 14.7 Å². The van der Waals surface area contributed by atoms with E-state index in [9.17, 15) is 4.79 Å². The van der Waals surface area contributed by atoms with Crippen molar-refractivity contribution in [3.05, 3.63) is 10.6 Å². The largest absolute Gasteiger partial charge is 0.272 e. The maximum Gasteiger partial charge on any atom is 0.254 e. The molecule has 1 atom stereocenters. The summed E-state index contributed by atoms with van der Waals surface area (Å²) in [6.07, 6.45) is 3.35. The summed E-state index contributed by atoms with van der Waals surface area (Å²) in [5.74, 6) is 0.885. The minimum Gasteiger partial charge on any atom is -0.272 e. The molecule has 3 aliphatic rings. The minimum atomic E-state index is 0.159. The highest BCUT2D eigenvalue weighted by Gasteiger charge is 2.41. The number of carbonyl (C=O) groups is 1. The number of carbonyl (C=O) groups excluding carboxylic acids is 1. The Kier molecular flexibility index (Phi) is 2.41. The third kappa shape index (κ3) is 1.73. The predicted molar refractivity (Wildman–Crippen MR) is 70.6 cm³/mol. The summed E-state index contributed by atoms with van der Waals surface area (Å²) >= 11 is 1.72. The number of hydrogen-bond acceptors (Lipinski definition) is 3. The molecule has 3 nitrogen and oxygen atoms in total. The quantitative estimate of drug-likeness (QED) is 0.662. The molecule has 0 unspecified atom stereocenters. The molecule has 0 N–H and O–H groups in total. The zero-order chi connectivity index (χ0) is 12.2. The number of fused-ring (bicyclic) bond motifs is 2. The fourth-order valence-electron chi connectivity index (χ4n) is 2.81. The molecule has 2 aliphatic heterocycles. The van der Waals surface area contributed by atoms with Crippen LogP contribution in [0.15, 0.2) is 15.6 Å². The molecule has 0 aromatic carbocycles. The van der Waals surface area contributed by atoms with Crippen molar-refractivity contribution in [2.75, 3.05) is 6.54 Å². The highest BCUT2D eigenvalue weighted by molar-refractivity contribution is 8.17. The highest BCUT2D eigenvalue weighted by atomic mass is 32.2. The van der Waals surface area contributed by atoms with E-state index in [1.807, 2.05) is 4.90 Å². The van der Waals surface area contributed by atoms with E-state index in [4.69, 9.17) is 0 Å². The summed E-state index contributed by atoms with van der Waals surface area (Å²) in [6, 6.07) is 0. The molecule has 0 bridgehead atoms. The van der Waals surface area contributed by atoms with Crippen LogP contribution < -0.4 is 0 Å². The zero-order valence-corrected chi connectivity index (χ0v) is 11.4. The average Bonchev–Trinajstić information content (AvgIpc) is 2.76. The fraction of sp³-hybridized carbons (Fsp3) is 0.692. The second-order valence-corrected chi connectivity index (χ2v) is 7.17. The lowest BCUT2D eigenvalue weighted by atomic mass is 9.73. The molecule has 17 heavy (non-hydrogen) atoms. The van der Waals surface area contributed by atoms with Gasteiger partial charge >= 0.3 is 0 Å². The first-order valence-corrected chi connectivity index (χ1v) is 7.06. The van der Waals surface area contributed by atoms with Crippen molar-refractivity contribution < 1.29 is 4.79 Å². The van der Waals surface area contributed by atoms with Crippen molar-refractivity contribution in [1.82, 2.24) is 4.90 Å². The summed E-state index contributed by atoms with van der Waals surface area (Å²) in [5.41, 5.74) is 1.61. The van der Waals surface area contributed by atoms with E-state index in [2.05, 4.69) is 25.8 Å². The van der Waals surface area contributed by atoms with Gasteiger partial charge in [0.2, 0.25) is 0 Å². The first-order chi connectivity index (χ1) is 7.97. The van der Waals surface area contributed by atoms with Crippen molar-refractivity contribution >= 4 is 22.8 Å². The molecule has 2 heterocycles. The molecule has 3 rings (SSSR count). The second-order valence-electron chi connectivity index (χ2n) is 6.11. The summed E-state index contributed by atoms with van der Waals surface area (Å²) in [5, 5.41) is 0.926. The Morgan fingerprint density at radius 2 is 2.18 bits per heavy atom. The molecule has 0 saturated heterocycles. The number of amidine groups is 1. The van der Waals surface area contributed by atoms with Crippen LogP contribution >= 0.6 is 11.8 Å². The molecular formula is C13H18N2OS. The van der Waals surface area contributed by atoms with Gasteiger partial charge in [0.1, 0.15) is 6.54 Å². The van der Waals surface area contributed by atoms with Crippen LogP contribution in [0.4, 0.5) is 0 Å². The van der Waals surface area contributed by atoms with Gasteiger partial charge in [0.05, 0.1) is 0 Å². The Hall–Kier alpha value is -0.770. The van der Waals surface area contributed by atoms with Crippen LogP contribution in [0, 0.1) is 11.3 Å². The van der Waals surface area contributed by atoms with Gasteiger partial charge in [-0.25, -0.2) is 0 Å². The van der Waals surface area contributed by atoms with Gasteiger partial charge < -0.3 is 0 Å². The van der Waals surface area contributed by atoms with Crippen LogP contribution in [-0.4, -0.2) is 22.5 Å². The van der Waals surface area contributed by atoms with Gasteiger partial charge in [-0.2, -0.15) is 0 Å². The monoisotopic (exact) mass is 250 g/mol. The Bertz CT molecular complexity index is 445. The third-order valence-electron chi connectivity index (χ3n) is 3.98. The lowest BCUT2D eigenvalue weighted by molar-refractivity contribution is -0.123. The Labute approximate surface area is 106 Å². The summed E-state index contributed by atoms with van der Waals surface area (Å²) in [6.45, 7) is 7.29. The Balaban J connectivity index is 1.86. The molecule has 0 fully saturated rings. The molecule has 0 spiro atoms. The lowest BCUT2D eigenvalue weighted by Gasteiger charge is -2.34. The van der Waals surface area contributed by atoms with Crippen LogP contribution in [0.1, 0.15) is 40.0 Å². The first kappa shape index (κ1) is 11.3. The number of allylic oxidation sites excluding steroid dienone is 2. The molecule has 1 aliphatic carbocycles. The standard InChI is InChI=1S/C13H18N2OS/c1-13(2,3)8-4-5-9-10(6-8)17-12-14-7-11(16)15(9)12/h8H,4-7H2,1-3H3/t8-/m0/s1. The molecule has 0 aromatic heterocycles. The number of thioether (sulfide) groups is 1. The number of aliphatic imine (C=N–C) groups is 1. The van der Waals surface area contributed by atoms with Crippen LogP contribution in [0.2, 0.25) is 0 Å². The van der Waals surface area contributed by atoms with Gasteiger partial charge in [-0.1, -0.05) is 32.5 Å². The average molecular weight is 250 g/mol. The summed E-state index contributed by atoms with van der Waals surface area (Å²) < 4.78 is 0. The van der Waals surface area contributed by atoms with Crippen LogP contribution in [0.3, 0.4) is 0 Å². The van der Waals surface area contributed by atoms with Gasteiger partial charge in [-0.05, 0) is 30.6 Å². The van der Waals surface area contributed by atoms with Crippen LogP contribution in [0.25, 0.3) is 0 Å². The van der Waals surface area contributed by atoms with Crippen LogP contribution in [0.5, 0.6) is 0 Å². The molecule has 4 heteroatoms. The maximum absolute atomic E-state index is 11.8. The Morgan fingerprint density at radius 3 is 2.88 bits per heavy atom. The maximum atomic E-state index is 11.8. The van der Waals surface area contributed by atoms with E-state index < -0.39 is 0 Å². The lowest BCUT2D eigenvalue weighted by Crippen LogP contribution is -2.30. The van der Waals surface area contributed by atoms with Crippen molar-refractivity contribution in [1.29, 1.82) is 0 Å². The molecule has 1 amide bonds. The van der Waals surface area contributed by atoms with Crippen molar-refractivity contribution in [2.45, 2.75) is 40.0 Å². The number of hydrogen-bond donors (Lipinski definition) is 0. The van der Waals surface area contributed by atoms with E-state index in [0.717, 1.165) is 23.9 Å². The van der Waals surface area contributed by atoms with E-state index >= 15 is 0 Å². The van der Waals surface area contributed by atoms with E-state index in [0.29, 0.717) is 12.0 Å². The highest BCUT2D eigenvalue weighted by Crippen LogP contribution is 2.49. The number of rotatable bonds is 0. The van der Waals surface area contributed by atoms with E-state index in [1.54, 1.807) is 11.8 Å². The van der Waals surface area contributed by atoms with E-state index in [1.165, 1.54) is 17.0 Å². The van der Waals surface area contributed by atoms with Crippen molar-refractivity contribution in [3.8, 4) is 0 Å². The fourth-order valence-corrected chi connectivity index (χ4v) is 4.06. The molecule has 0 saturated carbocycles. The smallest absolute Gasteiger partial charge is 0.254 e.